The SMILES string of the molecule is CCCCNC(=NCC(=O)N(C)C)NC(C)c1cc(OC)ccc1OC.I. The van der Waals surface area contributed by atoms with Crippen LogP contribution < -0.4 is 20.1 Å². The molecule has 2 N–H and O–H groups in total. The number of benzene rings is 1. The van der Waals surface area contributed by atoms with Gasteiger partial charge in [-0.05, 0) is 31.5 Å². The molecule has 0 aliphatic carbocycles. The van der Waals surface area contributed by atoms with Crippen molar-refractivity contribution < 1.29 is 14.3 Å². The van der Waals surface area contributed by atoms with Crippen LogP contribution in [0.25, 0.3) is 0 Å². The van der Waals surface area contributed by atoms with Gasteiger partial charge in [-0.25, -0.2) is 4.99 Å². The van der Waals surface area contributed by atoms with E-state index >= 15 is 0 Å². The lowest BCUT2D eigenvalue weighted by atomic mass is 10.1. The normalized spacial score (nSPS) is 11.9. The number of likely N-dealkylation sites (N-methyl/N-ethyl adjacent to an activating group) is 1. The third-order valence-electron chi connectivity index (χ3n) is 3.95. The van der Waals surface area contributed by atoms with Gasteiger partial charge in [0.05, 0.1) is 20.3 Å². The van der Waals surface area contributed by atoms with Crippen molar-refractivity contribution in [1.82, 2.24) is 15.5 Å². The Balaban J connectivity index is 0.00000676. The molecule has 0 heterocycles. The van der Waals surface area contributed by atoms with Crippen LogP contribution in [-0.2, 0) is 4.79 Å². The Hall–Kier alpha value is -1.71. The number of amides is 1. The summed E-state index contributed by atoms with van der Waals surface area (Å²) in [6.45, 7) is 5.03. The predicted molar refractivity (Wildman–Crippen MR) is 120 cm³/mol. The number of guanidine groups is 1. The largest absolute Gasteiger partial charge is 0.497 e. The first-order valence-corrected chi connectivity index (χ1v) is 8.89. The molecule has 27 heavy (non-hydrogen) atoms. The van der Waals surface area contributed by atoms with Crippen LogP contribution in [0.2, 0.25) is 0 Å². The monoisotopic (exact) mass is 492 g/mol. The summed E-state index contributed by atoms with van der Waals surface area (Å²) >= 11 is 0. The predicted octanol–water partition coefficient (Wildman–Crippen LogP) is 2.81. The molecule has 154 valence electrons. The highest BCUT2D eigenvalue weighted by Gasteiger charge is 2.15. The molecule has 0 radical (unpaired) electrons. The smallest absolute Gasteiger partial charge is 0.243 e. The summed E-state index contributed by atoms with van der Waals surface area (Å²) < 4.78 is 10.8. The van der Waals surface area contributed by atoms with E-state index in [1.165, 1.54) is 4.90 Å². The van der Waals surface area contributed by atoms with Crippen molar-refractivity contribution in [3.05, 3.63) is 23.8 Å². The van der Waals surface area contributed by atoms with Crippen molar-refractivity contribution >= 4 is 35.8 Å². The molecule has 8 heteroatoms. The van der Waals surface area contributed by atoms with Crippen LogP contribution in [0.1, 0.15) is 38.3 Å². The van der Waals surface area contributed by atoms with Crippen molar-refractivity contribution in [3.8, 4) is 11.5 Å². The van der Waals surface area contributed by atoms with Crippen molar-refractivity contribution in [3.63, 3.8) is 0 Å². The van der Waals surface area contributed by atoms with Gasteiger partial charge in [0.2, 0.25) is 5.91 Å². The van der Waals surface area contributed by atoms with E-state index in [0.29, 0.717) is 5.96 Å². The highest BCUT2D eigenvalue weighted by Crippen LogP contribution is 2.29. The molecule has 0 bridgehead atoms. The Morgan fingerprint density at radius 3 is 2.52 bits per heavy atom. The Bertz CT molecular complexity index is 609. The third-order valence-corrected chi connectivity index (χ3v) is 3.95. The number of aliphatic imine (C=N–C) groups is 1. The molecule has 7 nitrogen and oxygen atoms in total. The Labute approximate surface area is 179 Å². The van der Waals surface area contributed by atoms with Crippen LogP contribution in [-0.4, -0.2) is 58.2 Å². The summed E-state index contributed by atoms with van der Waals surface area (Å²) in [5, 5.41) is 6.62. The van der Waals surface area contributed by atoms with Crippen molar-refractivity contribution in [2.75, 3.05) is 41.4 Å². The molecular formula is C19H33IN4O3. The second-order valence-electron chi connectivity index (χ2n) is 6.21. The molecule has 0 saturated carbocycles. The van der Waals surface area contributed by atoms with Crippen molar-refractivity contribution in [2.24, 2.45) is 4.99 Å². The molecule has 1 unspecified atom stereocenters. The summed E-state index contributed by atoms with van der Waals surface area (Å²) in [6.07, 6.45) is 2.11. The zero-order chi connectivity index (χ0) is 19.5. The van der Waals surface area contributed by atoms with E-state index in [0.717, 1.165) is 36.4 Å². The Kier molecular flexibility index (Phi) is 12.6. The maximum atomic E-state index is 11.8. The molecule has 1 rings (SSSR count). The number of hydrogen-bond donors (Lipinski definition) is 2. The number of hydrogen-bond acceptors (Lipinski definition) is 4. The molecule has 1 aromatic rings. The molecule has 1 aromatic carbocycles. The number of rotatable bonds is 9. The first kappa shape index (κ1) is 25.3. The van der Waals surface area contributed by atoms with Crippen molar-refractivity contribution in [1.29, 1.82) is 0 Å². The fraction of sp³-hybridized carbons (Fsp3) is 0.579. The van der Waals surface area contributed by atoms with Crippen LogP contribution >= 0.6 is 24.0 Å². The zero-order valence-electron chi connectivity index (χ0n) is 17.2. The van der Waals surface area contributed by atoms with Gasteiger partial charge in [-0.1, -0.05) is 13.3 Å². The number of halogens is 1. The average Bonchev–Trinajstić information content (AvgIpc) is 2.64. The second-order valence-corrected chi connectivity index (χ2v) is 6.21. The third kappa shape index (κ3) is 8.68. The minimum atomic E-state index is -0.0811. The number of ether oxygens (including phenoxy) is 2. The second kappa shape index (κ2) is 13.5. The van der Waals surface area contributed by atoms with Crippen LogP contribution in [0, 0.1) is 0 Å². The van der Waals surface area contributed by atoms with Crippen molar-refractivity contribution in [2.45, 2.75) is 32.7 Å². The Morgan fingerprint density at radius 1 is 1.26 bits per heavy atom. The quantitative estimate of drug-likeness (QED) is 0.240. The summed E-state index contributed by atoms with van der Waals surface area (Å²) in [6, 6.07) is 5.59. The van der Waals surface area contributed by atoms with Crippen LogP contribution in [0.4, 0.5) is 0 Å². The molecule has 1 atom stereocenters. The van der Waals surface area contributed by atoms with Crippen LogP contribution in [0.5, 0.6) is 11.5 Å². The number of unbranched alkanes of at least 4 members (excludes halogenated alkanes) is 1. The van der Waals surface area contributed by atoms with Gasteiger partial charge in [0, 0.05) is 26.2 Å². The lowest BCUT2D eigenvalue weighted by molar-refractivity contribution is -0.127. The van der Waals surface area contributed by atoms with Gasteiger partial charge in [-0.15, -0.1) is 24.0 Å². The topological polar surface area (TPSA) is 75.2 Å². The molecular weight excluding hydrogens is 459 g/mol. The van der Waals surface area contributed by atoms with E-state index in [9.17, 15) is 4.79 Å². The molecule has 0 spiro atoms. The maximum absolute atomic E-state index is 11.8. The van der Waals surface area contributed by atoms with E-state index in [-0.39, 0.29) is 42.5 Å². The number of nitrogens with one attached hydrogen (secondary N) is 2. The number of carbonyl (C=O) groups excluding carboxylic acids is 1. The summed E-state index contributed by atoms with van der Waals surface area (Å²) in [5.74, 6) is 2.08. The summed E-state index contributed by atoms with van der Waals surface area (Å²) in [5.41, 5.74) is 0.954. The van der Waals surface area contributed by atoms with E-state index in [1.54, 1.807) is 28.3 Å². The molecule has 0 aliphatic heterocycles. The van der Waals surface area contributed by atoms with E-state index in [4.69, 9.17) is 9.47 Å². The highest BCUT2D eigenvalue weighted by atomic mass is 127. The van der Waals surface area contributed by atoms with Gasteiger partial charge in [0.1, 0.15) is 18.0 Å². The van der Waals surface area contributed by atoms with Crippen LogP contribution in [0.15, 0.2) is 23.2 Å². The summed E-state index contributed by atoms with van der Waals surface area (Å²) in [7, 11) is 6.72. The lowest BCUT2D eigenvalue weighted by Crippen LogP contribution is -2.40. The number of methoxy groups -OCH3 is 2. The molecule has 0 aromatic heterocycles. The fourth-order valence-corrected chi connectivity index (χ4v) is 2.28. The Morgan fingerprint density at radius 2 is 1.96 bits per heavy atom. The molecule has 0 aliphatic rings. The first-order valence-electron chi connectivity index (χ1n) is 8.89. The maximum Gasteiger partial charge on any atom is 0.243 e. The van der Waals surface area contributed by atoms with Gasteiger partial charge in [0.15, 0.2) is 5.96 Å². The molecule has 0 fully saturated rings. The van der Waals surface area contributed by atoms with Gasteiger partial charge < -0.3 is 25.0 Å². The number of carbonyl (C=O) groups is 1. The average molecular weight is 492 g/mol. The minimum absolute atomic E-state index is 0. The van der Waals surface area contributed by atoms with E-state index in [2.05, 4.69) is 22.5 Å². The molecule has 1 amide bonds. The number of nitrogens with zero attached hydrogens (tertiary/aromatic N) is 2. The standard InChI is InChI=1S/C19H32N4O3.HI/c1-7-8-11-20-19(21-13-18(24)23(3)4)22-14(2)16-12-15(25-5)9-10-17(16)26-6;/h9-10,12,14H,7-8,11,13H2,1-6H3,(H2,20,21,22);1H. The molecule has 0 saturated heterocycles. The van der Waals surface area contributed by atoms with Crippen LogP contribution in [0.3, 0.4) is 0 Å². The van der Waals surface area contributed by atoms with Gasteiger partial charge in [-0.2, -0.15) is 0 Å². The van der Waals surface area contributed by atoms with E-state index in [1.807, 2.05) is 25.1 Å². The van der Waals surface area contributed by atoms with Gasteiger partial charge in [-0.3, -0.25) is 4.79 Å². The van der Waals surface area contributed by atoms with E-state index < -0.39 is 0 Å². The fourth-order valence-electron chi connectivity index (χ4n) is 2.28. The first-order chi connectivity index (χ1) is 12.4. The minimum Gasteiger partial charge on any atom is -0.497 e. The lowest BCUT2D eigenvalue weighted by Gasteiger charge is -2.21. The van der Waals surface area contributed by atoms with Gasteiger partial charge in [0.25, 0.3) is 0 Å². The summed E-state index contributed by atoms with van der Waals surface area (Å²) in [4.78, 5) is 17.8. The highest BCUT2D eigenvalue weighted by molar-refractivity contribution is 14.0. The van der Waals surface area contributed by atoms with Gasteiger partial charge >= 0.3 is 0 Å². The zero-order valence-corrected chi connectivity index (χ0v) is 19.5.